The molecule has 0 spiro atoms. The third-order valence-corrected chi connectivity index (χ3v) is 4.09. The molecule has 1 fully saturated rings. The molecule has 1 aliphatic heterocycles. The number of rotatable bonds is 3. The van der Waals surface area contributed by atoms with Crippen LogP contribution in [-0.2, 0) is 0 Å². The summed E-state index contributed by atoms with van der Waals surface area (Å²) in [5, 5.41) is 0. The smallest absolute Gasteiger partial charge is 0.185 e. The number of likely N-dealkylation sites (N-methyl/N-ethyl adjacent to an activating group) is 1. The number of anilines is 1. The van der Waals surface area contributed by atoms with E-state index in [-0.39, 0.29) is 0 Å². The predicted octanol–water partition coefficient (Wildman–Crippen LogP) is 2.82. The molecule has 0 N–H and O–H groups in total. The SMILES string of the molecule is Cc1cc(N2CCN(C)CC2)ccc1-c1ccc(C=O)o1. The molecule has 1 aliphatic rings. The quantitative estimate of drug-likeness (QED) is 0.812. The van der Waals surface area contributed by atoms with E-state index in [4.69, 9.17) is 4.42 Å². The highest BCUT2D eigenvalue weighted by molar-refractivity contribution is 5.74. The number of aldehydes is 1. The Morgan fingerprint density at radius 1 is 1.10 bits per heavy atom. The average Bonchev–Trinajstić information content (AvgIpc) is 2.96. The molecule has 0 aliphatic carbocycles. The van der Waals surface area contributed by atoms with E-state index in [2.05, 4.69) is 42.0 Å². The van der Waals surface area contributed by atoms with Gasteiger partial charge in [0, 0.05) is 37.4 Å². The second-order valence-corrected chi connectivity index (χ2v) is 5.61. The Balaban J connectivity index is 1.84. The summed E-state index contributed by atoms with van der Waals surface area (Å²) >= 11 is 0. The largest absolute Gasteiger partial charge is 0.453 e. The minimum atomic E-state index is 0.368. The monoisotopic (exact) mass is 284 g/mol. The van der Waals surface area contributed by atoms with Crippen LogP contribution in [0.2, 0.25) is 0 Å². The number of furan rings is 1. The predicted molar refractivity (Wildman–Crippen MR) is 84.0 cm³/mol. The number of carbonyl (C=O) groups excluding carboxylic acids is 1. The van der Waals surface area contributed by atoms with Crippen molar-refractivity contribution >= 4 is 12.0 Å². The molecule has 0 atom stereocenters. The number of aryl methyl sites for hydroxylation is 1. The van der Waals surface area contributed by atoms with E-state index >= 15 is 0 Å². The Labute approximate surface area is 125 Å². The van der Waals surface area contributed by atoms with E-state index in [1.54, 1.807) is 6.07 Å². The molecule has 2 aromatic rings. The zero-order chi connectivity index (χ0) is 14.8. The first-order chi connectivity index (χ1) is 10.2. The van der Waals surface area contributed by atoms with Crippen LogP contribution in [0.15, 0.2) is 34.7 Å². The molecule has 0 amide bonds. The van der Waals surface area contributed by atoms with Crippen molar-refractivity contribution in [3.05, 3.63) is 41.7 Å². The van der Waals surface area contributed by atoms with Crippen molar-refractivity contribution in [1.82, 2.24) is 4.90 Å². The van der Waals surface area contributed by atoms with Crippen LogP contribution < -0.4 is 4.90 Å². The Hall–Kier alpha value is -2.07. The number of carbonyl (C=O) groups is 1. The van der Waals surface area contributed by atoms with E-state index in [9.17, 15) is 4.79 Å². The molecule has 110 valence electrons. The molecule has 1 aromatic heterocycles. The molecule has 3 rings (SSSR count). The summed E-state index contributed by atoms with van der Waals surface area (Å²) in [7, 11) is 2.16. The first-order valence-corrected chi connectivity index (χ1v) is 7.27. The number of hydrogen-bond acceptors (Lipinski definition) is 4. The van der Waals surface area contributed by atoms with Crippen molar-refractivity contribution in [2.45, 2.75) is 6.92 Å². The second kappa shape index (κ2) is 5.74. The molecular formula is C17H20N2O2. The van der Waals surface area contributed by atoms with E-state index in [0.29, 0.717) is 5.76 Å². The maximum Gasteiger partial charge on any atom is 0.185 e. The zero-order valence-corrected chi connectivity index (χ0v) is 12.5. The van der Waals surface area contributed by atoms with Gasteiger partial charge in [-0.05, 0) is 49.9 Å². The van der Waals surface area contributed by atoms with Gasteiger partial charge in [0.25, 0.3) is 0 Å². The van der Waals surface area contributed by atoms with Crippen molar-refractivity contribution in [2.24, 2.45) is 0 Å². The Morgan fingerprint density at radius 2 is 1.86 bits per heavy atom. The second-order valence-electron chi connectivity index (χ2n) is 5.61. The molecule has 0 unspecified atom stereocenters. The van der Waals surface area contributed by atoms with Crippen molar-refractivity contribution < 1.29 is 9.21 Å². The van der Waals surface area contributed by atoms with Gasteiger partial charge in [0.05, 0.1) is 0 Å². The Bertz CT molecular complexity index is 640. The van der Waals surface area contributed by atoms with Crippen LogP contribution >= 0.6 is 0 Å². The fourth-order valence-electron chi connectivity index (χ4n) is 2.75. The van der Waals surface area contributed by atoms with E-state index in [0.717, 1.165) is 43.8 Å². The molecule has 0 radical (unpaired) electrons. The van der Waals surface area contributed by atoms with Crippen molar-refractivity contribution in [3.63, 3.8) is 0 Å². The molecule has 2 heterocycles. The first-order valence-electron chi connectivity index (χ1n) is 7.27. The molecule has 0 bridgehead atoms. The van der Waals surface area contributed by atoms with E-state index in [1.165, 1.54) is 11.3 Å². The summed E-state index contributed by atoms with van der Waals surface area (Å²) < 4.78 is 5.51. The first kappa shape index (κ1) is 13.9. The number of nitrogens with zero attached hydrogens (tertiary/aromatic N) is 2. The molecule has 1 saturated heterocycles. The van der Waals surface area contributed by atoms with Crippen molar-refractivity contribution in [2.75, 3.05) is 38.1 Å². The topological polar surface area (TPSA) is 36.7 Å². The number of hydrogen-bond donors (Lipinski definition) is 0. The van der Waals surface area contributed by atoms with Gasteiger partial charge in [-0.2, -0.15) is 0 Å². The van der Waals surface area contributed by atoms with Crippen LogP contribution in [0.3, 0.4) is 0 Å². The van der Waals surface area contributed by atoms with Gasteiger partial charge >= 0.3 is 0 Å². The fraction of sp³-hybridized carbons (Fsp3) is 0.353. The fourth-order valence-corrected chi connectivity index (χ4v) is 2.75. The summed E-state index contributed by atoms with van der Waals surface area (Å²) in [6, 6.07) is 9.97. The van der Waals surface area contributed by atoms with Crippen LogP contribution in [0.4, 0.5) is 5.69 Å². The Kier molecular flexibility index (Phi) is 3.80. The number of piperazine rings is 1. The standard InChI is InChI=1S/C17H20N2O2/c1-13-11-14(19-9-7-18(2)8-10-19)3-5-16(13)17-6-4-15(12-20)21-17/h3-6,11-12H,7-10H2,1-2H3. The van der Waals surface area contributed by atoms with Crippen LogP contribution in [-0.4, -0.2) is 44.4 Å². The van der Waals surface area contributed by atoms with Gasteiger partial charge in [0.2, 0.25) is 0 Å². The zero-order valence-electron chi connectivity index (χ0n) is 12.5. The summed E-state index contributed by atoms with van der Waals surface area (Å²) in [6.07, 6.45) is 0.734. The van der Waals surface area contributed by atoms with Gasteiger partial charge in [0.15, 0.2) is 12.0 Å². The third kappa shape index (κ3) is 2.85. The molecule has 4 heteroatoms. The maximum absolute atomic E-state index is 10.7. The van der Waals surface area contributed by atoms with Crippen LogP contribution in [0.1, 0.15) is 16.1 Å². The highest BCUT2D eigenvalue weighted by Crippen LogP contribution is 2.29. The van der Waals surface area contributed by atoms with Crippen molar-refractivity contribution in [1.29, 1.82) is 0 Å². The molecule has 21 heavy (non-hydrogen) atoms. The summed E-state index contributed by atoms with van der Waals surface area (Å²) in [5.41, 5.74) is 3.46. The molecule has 1 aromatic carbocycles. The summed E-state index contributed by atoms with van der Waals surface area (Å²) in [4.78, 5) is 15.5. The van der Waals surface area contributed by atoms with Crippen LogP contribution in [0.5, 0.6) is 0 Å². The lowest BCUT2D eigenvalue weighted by Crippen LogP contribution is -2.44. The molecule has 4 nitrogen and oxygen atoms in total. The highest BCUT2D eigenvalue weighted by atomic mass is 16.3. The average molecular weight is 284 g/mol. The van der Waals surface area contributed by atoms with Crippen LogP contribution in [0, 0.1) is 6.92 Å². The summed E-state index contributed by atoms with van der Waals surface area (Å²) in [6.45, 7) is 6.40. The van der Waals surface area contributed by atoms with Gasteiger partial charge < -0.3 is 14.2 Å². The van der Waals surface area contributed by atoms with Crippen molar-refractivity contribution in [3.8, 4) is 11.3 Å². The Morgan fingerprint density at radius 3 is 2.48 bits per heavy atom. The number of benzene rings is 1. The minimum Gasteiger partial charge on any atom is -0.453 e. The van der Waals surface area contributed by atoms with Gasteiger partial charge in [-0.1, -0.05) is 0 Å². The van der Waals surface area contributed by atoms with Gasteiger partial charge in [-0.3, -0.25) is 4.79 Å². The lowest BCUT2D eigenvalue weighted by Gasteiger charge is -2.34. The third-order valence-electron chi connectivity index (χ3n) is 4.09. The normalized spacial score (nSPS) is 16.2. The van der Waals surface area contributed by atoms with Crippen LogP contribution in [0.25, 0.3) is 11.3 Å². The summed E-state index contributed by atoms with van der Waals surface area (Å²) in [5.74, 6) is 1.12. The van der Waals surface area contributed by atoms with E-state index < -0.39 is 0 Å². The van der Waals surface area contributed by atoms with E-state index in [1.807, 2.05) is 6.07 Å². The van der Waals surface area contributed by atoms with Gasteiger partial charge in [-0.15, -0.1) is 0 Å². The lowest BCUT2D eigenvalue weighted by molar-refractivity contribution is 0.110. The highest BCUT2D eigenvalue weighted by Gasteiger charge is 2.15. The van der Waals surface area contributed by atoms with Gasteiger partial charge in [0.1, 0.15) is 5.76 Å². The molecule has 0 saturated carbocycles. The lowest BCUT2D eigenvalue weighted by atomic mass is 10.0. The molecular weight excluding hydrogens is 264 g/mol. The maximum atomic E-state index is 10.7. The van der Waals surface area contributed by atoms with Gasteiger partial charge in [-0.25, -0.2) is 0 Å². The minimum absolute atomic E-state index is 0.368.